The zero-order valence-electron chi connectivity index (χ0n) is 8.52. The number of halogens is 1. The summed E-state index contributed by atoms with van der Waals surface area (Å²) in [6, 6.07) is 5.36. The Balaban J connectivity index is 2.89. The average molecular weight is 283 g/mol. The van der Waals surface area contributed by atoms with Crippen LogP contribution in [-0.4, -0.2) is 17.7 Å². The third-order valence-electron chi connectivity index (χ3n) is 1.74. The first-order valence-electron chi connectivity index (χ1n) is 4.57. The highest BCUT2D eigenvalue weighted by Gasteiger charge is 2.00. The molecule has 0 fully saturated rings. The van der Waals surface area contributed by atoms with E-state index in [1.807, 2.05) is 0 Å². The maximum Gasteiger partial charge on any atom is 0.328 e. The van der Waals surface area contributed by atoms with Gasteiger partial charge in [0.15, 0.2) is 0 Å². The Kier molecular flexibility index (Phi) is 4.79. The normalized spacial score (nSPS) is 10.3. The molecular formula is C12H11BrO3. The number of carboxylic acid groups (broad SMARTS) is 1. The summed E-state index contributed by atoms with van der Waals surface area (Å²) < 4.78 is 6.15. The van der Waals surface area contributed by atoms with E-state index in [9.17, 15) is 4.79 Å². The monoisotopic (exact) mass is 282 g/mol. The van der Waals surface area contributed by atoms with Crippen LogP contribution in [0.5, 0.6) is 5.75 Å². The molecule has 84 valence electrons. The standard InChI is InChI=1S/C12H11BrO3/c1-2-7-16-10-4-5-11(13)9(8-10)3-6-12(14)15/h2-6,8H,1,7H2,(H,14,15)/b6-3+. The van der Waals surface area contributed by atoms with E-state index in [1.165, 1.54) is 6.08 Å². The quantitative estimate of drug-likeness (QED) is 0.667. The maximum absolute atomic E-state index is 10.4. The second kappa shape index (κ2) is 6.12. The van der Waals surface area contributed by atoms with Crippen molar-refractivity contribution in [3.05, 3.63) is 47.0 Å². The van der Waals surface area contributed by atoms with E-state index in [4.69, 9.17) is 9.84 Å². The molecule has 0 aliphatic rings. The first-order valence-corrected chi connectivity index (χ1v) is 5.37. The van der Waals surface area contributed by atoms with Crippen molar-refractivity contribution < 1.29 is 14.6 Å². The molecule has 0 atom stereocenters. The molecule has 0 aliphatic carbocycles. The van der Waals surface area contributed by atoms with E-state index < -0.39 is 5.97 Å². The molecule has 1 aromatic rings. The molecule has 0 bridgehead atoms. The van der Waals surface area contributed by atoms with Crippen LogP contribution in [0.15, 0.2) is 41.4 Å². The fourth-order valence-electron chi connectivity index (χ4n) is 1.06. The number of benzene rings is 1. The Morgan fingerprint density at radius 3 is 2.94 bits per heavy atom. The predicted octanol–water partition coefficient (Wildman–Crippen LogP) is 3.11. The van der Waals surface area contributed by atoms with Crippen LogP contribution < -0.4 is 4.74 Å². The average Bonchev–Trinajstić information content (AvgIpc) is 2.26. The fourth-order valence-corrected chi connectivity index (χ4v) is 1.43. The van der Waals surface area contributed by atoms with Gasteiger partial charge in [-0.2, -0.15) is 0 Å². The molecule has 16 heavy (non-hydrogen) atoms. The van der Waals surface area contributed by atoms with Gasteiger partial charge >= 0.3 is 5.97 Å². The van der Waals surface area contributed by atoms with Crippen molar-refractivity contribution in [1.82, 2.24) is 0 Å². The molecule has 4 heteroatoms. The molecule has 0 unspecified atom stereocenters. The van der Waals surface area contributed by atoms with Gasteiger partial charge in [0.05, 0.1) is 0 Å². The minimum atomic E-state index is -0.982. The Bertz CT molecular complexity index is 424. The Labute approximate surface area is 102 Å². The van der Waals surface area contributed by atoms with Gasteiger partial charge in [-0.05, 0) is 29.8 Å². The molecule has 1 rings (SSSR count). The molecular weight excluding hydrogens is 272 g/mol. The summed E-state index contributed by atoms with van der Waals surface area (Å²) in [6.45, 7) is 3.97. The summed E-state index contributed by atoms with van der Waals surface area (Å²) >= 11 is 3.33. The van der Waals surface area contributed by atoms with Crippen LogP contribution in [0.2, 0.25) is 0 Å². The van der Waals surface area contributed by atoms with Crippen LogP contribution in [0.3, 0.4) is 0 Å². The van der Waals surface area contributed by atoms with Crippen molar-refractivity contribution in [1.29, 1.82) is 0 Å². The van der Waals surface area contributed by atoms with Crippen molar-refractivity contribution in [2.24, 2.45) is 0 Å². The second-order valence-corrected chi connectivity index (χ2v) is 3.81. The Morgan fingerprint density at radius 2 is 2.31 bits per heavy atom. The number of carbonyl (C=O) groups is 1. The van der Waals surface area contributed by atoms with Crippen molar-refractivity contribution in [3.63, 3.8) is 0 Å². The first kappa shape index (κ1) is 12.5. The predicted molar refractivity (Wildman–Crippen MR) is 66.5 cm³/mol. The highest BCUT2D eigenvalue weighted by Crippen LogP contribution is 2.23. The summed E-state index contributed by atoms with van der Waals surface area (Å²) in [5.41, 5.74) is 0.754. The molecule has 1 N–H and O–H groups in total. The van der Waals surface area contributed by atoms with Gasteiger partial charge in [0.2, 0.25) is 0 Å². The van der Waals surface area contributed by atoms with E-state index >= 15 is 0 Å². The minimum absolute atomic E-state index is 0.420. The lowest BCUT2D eigenvalue weighted by Crippen LogP contribution is -1.93. The molecule has 0 heterocycles. The van der Waals surface area contributed by atoms with Crippen LogP contribution in [0.4, 0.5) is 0 Å². The van der Waals surface area contributed by atoms with E-state index in [0.717, 1.165) is 16.1 Å². The Morgan fingerprint density at radius 1 is 1.56 bits per heavy atom. The van der Waals surface area contributed by atoms with Gasteiger partial charge < -0.3 is 9.84 Å². The van der Waals surface area contributed by atoms with Crippen molar-refractivity contribution in [3.8, 4) is 5.75 Å². The molecule has 0 aromatic heterocycles. The third kappa shape index (κ3) is 3.90. The summed E-state index contributed by atoms with van der Waals surface area (Å²) in [5, 5.41) is 8.53. The fraction of sp³-hybridized carbons (Fsp3) is 0.0833. The highest BCUT2D eigenvalue weighted by atomic mass is 79.9. The first-order chi connectivity index (χ1) is 7.63. The SMILES string of the molecule is C=CCOc1ccc(Br)c(/C=C/C(=O)O)c1. The number of hydrogen-bond acceptors (Lipinski definition) is 2. The summed E-state index contributed by atoms with van der Waals surface area (Å²) in [7, 11) is 0. The molecule has 0 spiro atoms. The molecule has 0 aliphatic heterocycles. The topological polar surface area (TPSA) is 46.5 Å². The molecule has 3 nitrogen and oxygen atoms in total. The van der Waals surface area contributed by atoms with Crippen LogP contribution in [0.25, 0.3) is 6.08 Å². The molecule has 0 radical (unpaired) electrons. The zero-order valence-corrected chi connectivity index (χ0v) is 10.1. The summed E-state index contributed by atoms with van der Waals surface area (Å²) in [5.74, 6) is -0.308. The van der Waals surface area contributed by atoms with Crippen molar-refractivity contribution in [2.45, 2.75) is 0 Å². The van der Waals surface area contributed by atoms with Gasteiger partial charge in [0.1, 0.15) is 12.4 Å². The highest BCUT2D eigenvalue weighted by molar-refractivity contribution is 9.10. The van der Waals surface area contributed by atoms with E-state index in [0.29, 0.717) is 12.4 Å². The number of ether oxygens (including phenoxy) is 1. The minimum Gasteiger partial charge on any atom is -0.490 e. The van der Waals surface area contributed by atoms with Crippen molar-refractivity contribution >= 4 is 28.0 Å². The largest absolute Gasteiger partial charge is 0.490 e. The van der Waals surface area contributed by atoms with Crippen LogP contribution in [-0.2, 0) is 4.79 Å². The second-order valence-electron chi connectivity index (χ2n) is 2.95. The van der Waals surface area contributed by atoms with E-state index in [-0.39, 0.29) is 0 Å². The number of hydrogen-bond donors (Lipinski definition) is 1. The number of aliphatic carboxylic acids is 1. The summed E-state index contributed by atoms with van der Waals surface area (Å²) in [6.07, 6.45) is 4.24. The molecule has 0 amide bonds. The number of rotatable bonds is 5. The lowest BCUT2D eigenvalue weighted by molar-refractivity contribution is -0.131. The lowest BCUT2D eigenvalue weighted by Gasteiger charge is -2.05. The van der Waals surface area contributed by atoms with Gasteiger partial charge in [0.25, 0.3) is 0 Å². The smallest absolute Gasteiger partial charge is 0.328 e. The van der Waals surface area contributed by atoms with E-state index in [2.05, 4.69) is 22.5 Å². The van der Waals surface area contributed by atoms with Gasteiger partial charge in [-0.1, -0.05) is 28.6 Å². The zero-order chi connectivity index (χ0) is 12.0. The summed E-state index contributed by atoms with van der Waals surface area (Å²) in [4.78, 5) is 10.4. The van der Waals surface area contributed by atoms with Crippen LogP contribution >= 0.6 is 15.9 Å². The van der Waals surface area contributed by atoms with Gasteiger partial charge in [-0.25, -0.2) is 4.79 Å². The van der Waals surface area contributed by atoms with Crippen LogP contribution in [0, 0.1) is 0 Å². The number of carboxylic acids is 1. The maximum atomic E-state index is 10.4. The van der Waals surface area contributed by atoms with Gasteiger partial charge in [-0.15, -0.1) is 0 Å². The molecule has 1 aromatic carbocycles. The van der Waals surface area contributed by atoms with E-state index in [1.54, 1.807) is 24.3 Å². The molecule has 0 saturated heterocycles. The molecule has 0 saturated carbocycles. The lowest BCUT2D eigenvalue weighted by atomic mass is 10.2. The van der Waals surface area contributed by atoms with Gasteiger partial charge in [0, 0.05) is 10.5 Å². The Hall–Kier alpha value is -1.55. The van der Waals surface area contributed by atoms with Crippen molar-refractivity contribution in [2.75, 3.05) is 6.61 Å². The van der Waals surface area contributed by atoms with Crippen LogP contribution in [0.1, 0.15) is 5.56 Å². The van der Waals surface area contributed by atoms with Gasteiger partial charge in [-0.3, -0.25) is 0 Å². The third-order valence-corrected chi connectivity index (χ3v) is 2.46.